The average Bonchev–Trinajstić information content (AvgIpc) is 2.47. The van der Waals surface area contributed by atoms with Gasteiger partial charge in [0.2, 0.25) is 5.91 Å². The second-order valence-corrected chi connectivity index (χ2v) is 4.83. The molecule has 1 aromatic rings. The molecule has 22 heavy (non-hydrogen) atoms. The quantitative estimate of drug-likeness (QED) is 0.824. The van der Waals surface area contributed by atoms with Gasteiger partial charge in [0.15, 0.2) is 0 Å². The summed E-state index contributed by atoms with van der Waals surface area (Å²) in [4.78, 5) is 23.5. The number of nitriles is 1. The van der Waals surface area contributed by atoms with Crippen LogP contribution in [-0.4, -0.2) is 42.6 Å². The zero-order chi connectivity index (χ0) is 16.5. The van der Waals surface area contributed by atoms with Gasteiger partial charge in [-0.3, -0.25) is 4.79 Å². The molecule has 1 amide bonds. The number of aliphatic carboxylic acids is 1. The molecule has 0 heterocycles. The van der Waals surface area contributed by atoms with Crippen LogP contribution in [0.1, 0.15) is 11.1 Å². The lowest BCUT2D eigenvalue weighted by atomic mass is 10.1. The molecule has 1 atom stereocenters. The summed E-state index contributed by atoms with van der Waals surface area (Å²) in [7, 11) is 3.20. The highest BCUT2D eigenvalue weighted by Crippen LogP contribution is 2.11. The standard InChI is InChI=1S/C16H18N2O4/c1-18(2)16(21)14(9-17)7-6-12-4-3-5-13(8-12)10-22-11-15(19)20/h3-8,14H,10-11H2,1-2H3,(H,19,20)/b7-6+. The molecule has 1 rings (SSSR count). The molecular weight excluding hydrogens is 284 g/mol. The summed E-state index contributed by atoms with van der Waals surface area (Å²) < 4.78 is 5.02. The van der Waals surface area contributed by atoms with Gasteiger partial charge in [0, 0.05) is 14.1 Å². The van der Waals surface area contributed by atoms with Crippen LogP contribution in [0.15, 0.2) is 30.3 Å². The van der Waals surface area contributed by atoms with Gasteiger partial charge in [-0.1, -0.05) is 30.4 Å². The molecule has 6 nitrogen and oxygen atoms in total. The second kappa shape index (κ2) is 8.60. The predicted octanol–water partition coefficient (Wildman–Crippen LogP) is 1.53. The lowest BCUT2D eigenvalue weighted by Crippen LogP contribution is -2.27. The van der Waals surface area contributed by atoms with E-state index in [1.54, 1.807) is 32.3 Å². The average molecular weight is 302 g/mol. The van der Waals surface area contributed by atoms with Gasteiger partial charge in [0.25, 0.3) is 0 Å². The Morgan fingerprint density at radius 2 is 2.18 bits per heavy atom. The molecule has 0 aliphatic heterocycles. The number of benzene rings is 1. The number of carboxylic acids is 1. The molecule has 0 aliphatic carbocycles. The maximum Gasteiger partial charge on any atom is 0.329 e. The maximum atomic E-state index is 11.7. The molecule has 0 saturated carbocycles. The van der Waals surface area contributed by atoms with Crippen molar-refractivity contribution in [3.63, 3.8) is 0 Å². The van der Waals surface area contributed by atoms with Crippen molar-refractivity contribution in [2.24, 2.45) is 5.92 Å². The largest absolute Gasteiger partial charge is 0.480 e. The van der Waals surface area contributed by atoms with Crippen LogP contribution in [-0.2, 0) is 20.9 Å². The van der Waals surface area contributed by atoms with E-state index in [1.807, 2.05) is 24.3 Å². The Morgan fingerprint density at radius 3 is 2.77 bits per heavy atom. The van der Waals surface area contributed by atoms with Crippen molar-refractivity contribution in [3.8, 4) is 6.07 Å². The number of nitrogens with zero attached hydrogens (tertiary/aromatic N) is 2. The Kier molecular flexibility index (Phi) is 6.80. The summed E-state index contributed by atoms with van der Waals surface area (Å²) in [6, 6.07) is 9.20. The van der Waals surface area contributed by atoms with Crippen molar-refractivity contribution in [3.05, 3.63) is 41.5 Å². The molecule has 6 heteroatoms. The van der Waals surface area contributed by atoms with Crippen molar-refractivity contribution in [2.45, 2.75) is 6.61 Å². The van der Waals surface area contributed by atoms with Crippen LogP contribution >= 0.6 is 0 Å². The Hall–Kier alpha value is -2.65. The van der Waals surface area contributed by atoms with Crippen molar-refractivity contribution >= 4 is 18.0 Å². The molecule has 0 bridgehead atoms. The van der Waals surface area contributed by atoms with Crippen LogP contribution in [0.5, 0.6) is 0 Å². The minimum atomic E-state index is -1.02. The van der Waals surface area contributed by atoms with Gasteiger partial charge in [0.1, 0.15) is 12.5 Å². The fraction of sp³-hybridized carbons (Fsp3) is 0.312. The highest BCUT2D eigenvalue weighted by molar-refractivity contribution is 5.83. The van der Waals surface area contributed by atoms with Gasteiger partial charge >= 0.3 is 5.97 Å². The summed E-state index contributed by atoms with van der Waals surface area (Å²) in [5.41, 5.74) is 1.62. The fourth-order valence-corrected chi connectivity index (χ4v) is 1.71. The van der Waals surface area contributed by atoms with Crippen molar-refractivity contribution in [2.75, 3.05) is 20.7 Å². The third-order valence-electron chi connectivity index (χ3n) is 2.77. The Labute approximate surface area is 129 Å². The fourth-order valence-electron chi connectivity index (χ4n) is 1.71. The van der Waals surface area contributed by atoms with E-state index in [2.05, 4.69) is 0 Å². The number of carbonyl (C=O) groups is 2. The minimum absolute atomic E-state index is 0.187. The highest BCUT2D eigenvalue weighted by atomic mass is 16.5. The Morgan fingerprint density at radius 1 is 1.45 bits per heavy atom. The van der Waals surface area contributed by atoms with E-state index in [9.17, 15) is 9.59 Å². The third kappa shape index (κ3) is 5.77. The predicted molar refractivity (Wildman–Crippen MR) is 80.6 cm³/mol. The van der Waals surface area contributed by atoms with Crippen molar-refractivity contribution < 1.29 is 19.4 Å². The molecule has 1 unspecified atom stereocenters. The summed E-state index contributed by atoms with van der Waals surface area (Å²) in [6.45, 7) is -0.166. The van der Waals surface area contributed by atoms with Crippen LogP contribution in [0.3, 0.4) is 0 Å². The normalized spacial score (nSPS) is 11.9. The van der Waals surface area contributed by atoms with E-state index >= 15 is 0 Å². The first-order chi connectivity index (χ1) is 10.4. The van der Waals surface area contributed by atoms with Crippen molar-refractivity contribution in [1.29, 1.82) is 5.26 Å². The number of hydrogen-bond acceptors (Lipinski definition) is 4. The summed E-state index contributed by atoms with van der Waals surface area (Å²) in [6.07, 6.45) is 3.23. The summed E-state index contributed by atoms with van der Waals surface area (Å²) in [5, 5.41) is 17.5. The molecule has 0 spiro atoms. The smallest absolute Gasteiger partial charge is 0.329 e. The van der Waals surface area contributed by atoms with Crippen LogP contribution in [0.2, 0.25) is 0 Å². The lowest BCUT2D eigenvalue weighted by molar-refractivity contribution is -0.142. The van der Waals surface area contributed by atoms with E-state index in [1.165, 1.54) is 4.90 Å². The van der Waals surface area contributed by atoms with Gasteiger partial charge < -0.3 is 14.7 Å². The molecule has 116 valence electrons. The maximum absolute atomic E-state index is 11.7. The molecule has 0 aromatic heterocycles. The number of carboxylic acid groups (broad SMARTS) is 1. The molecule has 1 aromatic carbocycles. The molecule has 0 saturated heterocycles. The lowest BCUT2D eigenvalue weighted by Gasteiger charge is -2.11. The summed E-state index contributed by atoms with van der Waals surface area (Å²) in [5.74, 6) is -2.13. The van der Waals surface area contributed by atoms with Crippen LogP contribution in [0.25, 0.3) is 6.08 Å². The number of rotatable bonds is 7. The Balaban J connectivity index is 2.73. The highest BCUT2D eigenvalue weighted by Gasteiger charge is 2.15. The summed E-state index contributed by atoms with van der Waals surface area (Å²) >= 11 is 0. The first-order valence-electron chi connectivity index (χ1n) is 6.61. The van der Waals surface area contributed by atoms with Gasteiger partial charge in [0.05, 0.1) is 12.7 Å². The van der Waals surface area contributed by atoms with Gasteiger partial charge in [-0.25, -0.2) is 4.79 Å². The minimum Gasteiger partial charge on any atom is -0.480 e. The topological polar surface area (TPSA) is 90.6 Å². The number of amides is 1. The molecule has 0 aliphatic rings. The van der Waals surface area contributed by atoms with Crippen molar-refractivity contribution in [1.82, 2.24) is 4.90 Å². The zero-order valence-electron chi connectivity index (χ0n) is 12.5. The van der Waals surface area contributed by atoms with Gasteiger partial charge in [-0.15, -0.1) is 0 Å². The molecule has 0 fully saturated rings. The zero-order valence-corrected chi connectivity index (χ0v) is 12.5. The van der Waals surface area contributed by atoms with E-state index in [4.69, 9.17) is 15.1 Å². The van der Waals surface area contributed by atoms with Crippen LogP contribution in [0, 0.1) is 17.2 Å². The van der Waals surface area contributed by atoms with E-state index in [0.717, 1.165) is 11.1 Å². The second-order valence-electron chi connectivity index (χ2n) is 4.83. The van der Waals surface area contributed by atoms with Crippen LogP contribution in [0.4, 0.5) is 0 Å². The van der Waals surface area contributed by atoms with E-state index in [0.29, 0.717) is 0 Å². The third-order valence-corrected chi connectivity index (χ3v) is 2.77. The first kappa shape index (κ1) is 17.4. The molecular formula is C16H18N2O4. The van der Waals surface area contributed by atoms with Gasteiger partial charge in [-0.2, -0.15) is 5.26 Å². The molecule has 1 N–H and O–H groups in total. The van der Waals surface area contributed by atoms with E-state index < -0.39 is 11.9 Å². The SMILES string of the molecule is CN(C)C(=O)C(C#N)/C=C/c1cccc(COCC(=O)O)c1. The van der Waals surface area contributed by atoms with E-state index in [-0.39, 0.29) is 19.1 Å². The first-order valence-corrected chi connectivity index (χ1v) is 6.61. The monoisotopic (exact) mass is 302 g/mol. The van der Waals surface area contributed by atoms with Crippen LogP contribution < -0.4 is 0 Å². The number of hydrogen-bond donors (Lipinski definition) is 1. The number of carbonyl (C=O) groups excluding carboxylic acids is 1. The molecule has 0 radical (unpaired) electrons. The number of ether oxygens (including phenoxy) is 1. The van der Waals surface area contributed by atoms with Gasteiger partial charge in [-0.05, 0) is 17.2 Å². The Bertz CT molecular complexity index is 602.